The number of nitrogens with zero attached hydrogens (tertiary/aromatic N) is 3. The summed E-state index contributed by atoms with van der Waals surface area (Å²) in [6.45, 7) is 0. The van der Waals surface area contributed by atoms with Crippen LogP contribution in [0.2, 0.25) is 0 Å². The van der Waals surface area contributed by atoms with E-state index in [2.05, 4.69) is 15.0 Å². The molecule has 2 aromatic rings. The molecule has 0 saturated heterocycles. The molecule has 1 aromatic carbocycles. The van der Waals surface area contributed by atoms with Crippen molar-refractivity contribution < 1.29 is 31.1 Å². The van der Waals surface area contributed by atoms with Gasteiger partial charge in [0.25, 0.3) is 0 Å². The van der Waals surface area contributed by atoms with Gasteiger partial charge in [0.1, 0.15) is 17.4 Å². The summed E-state index contributed by atoms with van der Waals surface area (Å²) < 4.78 is 70.6. The molecule has 188 valence electrons. The highest BCUT2D eigenvalue weighted by atomic mass is 32.2. The van der Waals surface area contributed by atoms with E-state index in [0.29, 0.717) is 29.6 Å². The highest BCUT2D eigenvalue weighted by Gasteiger charge is 2.53. The number of rotatable bonds is 7. The van der Waals surface area contributed by atoms with Crippen LogP contribution in [-0.4, -0.2) is 42.0 Å². The quantitative estimate of drug-likeness (QED) is 0.557. The summed E-state index contributed by atoms with van der Waals surface area (Å²) >= 11 is 0. The van der Waals surface area contributed by atoms with Crippen LogP contribution in [0.5, 0.6) is 6.01 Å². The van der Waals surface area contributed by atoms with Crippen LogP contribution in [0.15, 0.2) is 29.2 Å². The standard InChI is InChI=1S/C24H26F3N3O4S/c1-34-22-29-20(28-21(30-22)23-10-14-6-15(11-23)8-16(7-14)12-23)9-17(31)13-35(32,33)19-5-3-2-4-18(19)24(25,26)27/h2-5,14-16H,6-13H2,1H3. The number of halogens is 3. The first kappa shape index (κ1) is 24.1. The normalized spacial score (nSPS) is 27.7. The van der Waals surface area contributed by atoms with Gasteiger partial charge in [-0.15, -0.1) is 0 Å². The van der Waals surface area contributed by atoms with Gasteiger partial charge in [-0.25, -0.2) is 13.4 Å². The molecular weight excluding hydrogens is 483 g/mol. The average molecular weight is 510 g/mol. The second-order valence-electron chi connectivity index (χ2n) is 10.2. The first-order valence-corrected chi connectivity index (χ1v) is 13.3. The number of carbonyl (C=O) groups is 1. The van der Waals surface area contributed by atoms with Crippen molar-refractivity contribution in [1.82, 2.24) is 15.0 Å². The van der Waals surface area contributed by atoms with Crippen molar-refractivity contribution in [2.45, 2.75) is 61.4 Å². The number of sulfone groups is 1. The molecule has 0 aliphatic heterocycles. The molecule has 6 rings (SSSR count). The summed E-state index contributed by atoms with van der Waals surface area (Å²) in [6.07, 6.45) is 1.30. The van der Waals surface area contributed by atoms with E-state index in [1.54, 1.807) is 0 Å². The number of methoxy groups -OCH3 is 1. The van der Waals surface area contributed by atoms with E-state index in [1.165, 1.54) is 32.4 Å². The summed E-state index contributed by atoms with van der Waals surface area (Å²) in [5.74, 6) is 0.671. The minimum Gasteiger partial charge on any atom is -0.467 e. The van der Waals surface area contributed by atoms with E-state index >= 15 is 0 Å². The molecule has 4 bridgehead atoms. The Labute approximate surface area is 201 Å². The number of Topliss-reactive ketones (excluding diaryl/α,β-unsaturated/α-hetero) is 1. The minimum atomic E-state index is -4.86. The summed E-state index contributed by atoms with van der Waals surface area (Å²) in [4.78, 5) is 25.0. The Morgan fingerprint density at radius 3 is 2.20 bits per heavy atom. The van der Waals surface area contributed by atoms with Crippen LogP contribution in [0.4, 0.5) is 13.2 Å². The summed E-state index contributed by atoms with van der Waals surface area (Å²) in [5, 5.41) is 0. The average Bonchev–Trinajstić information content (AvgIpc) is 2.77. The molecule has 0 radical (unpaired) electrons. The predicted molar refractivity (Wildman–Crippen MR) is 118 cm³/mol. The molecule has 0 unspecified atom stereocenters. The van der Waals surface area contributed by atoms with Crippen molar-refractivity contribution in [3.05, 3.63) is 41.5 Å². The van der Waals surface area contributed by atoms with Gasteiger partial charge in [-0.05, 0) is 68.4 Å². The molecule has 0 atom stereocenters. The van der Waals surface area contributed by atoms with Crippen molar-refractivity contribution in [3.8, 4) is 6.01 Å². The third kappa shape index (κ3) is 4.66. The maximum atomic E-state index is 13.3. The molecule has 0 amide bonds. The molecule has 0 spiro atoms. The third-order valence-corrected chi connectivity index (χ3v) is 9.32. The third-order valence-electron chi connectivity index (χ3n) is 7.59. The maximum absolute atomic E-state index is 13.3. The number of alkyl halides is 3. The first-order chi connectivity index (χ1) is 16.5. The summed E-state index contributed by atoms with van der Waals surface area (Å²) in [6, 6.07) is 3.90. The molecule has 7 nitrogen and oxygen atoms in total. The zero-order chi connectivity index (χ0) is 25.0. The zero-order valence-electron chi connectivity index (χ0n) is 19.2. The number of hydrogen-bond donors (Lipinski definition) is 0. The Kier molecular flexibility index (Phi) is 5.89. The van der Waals surface area contributed by atoms with Gasteiger partial charge < -0.3 is 4.74 Å². The lowest BCUT2D eigenvalue weighted by Crippen LogP contribution is -2.49. The van der Waals surface area contributed by atoms with Gasteiger partial charge >= 0.3 is 12.2 Å². The van der Waals surface area contributed by atoms with E-state index in [4.69, 9.17) is 4.74 Å². The van der Waals surface area contributed by atoms with Gasteiger partial charge in [-0.1, -0.05) is 12.1 Å². The largest absolute Gasteiger partial charge is 0.467 e. The molecule has 35 heavy (non-hydrogen) atoms. The molecule has 0 N–H and O–H groups in total. The molecule has 1 aromatic heterocycles. The SMILES string of the molecule is COc1nc(CC(=O)CS(=O)(=O)c2ccccc2C(F)(F)F)nc(C23CC4CC(CC(C4)C2)C3)n1. The van der Waals surface area contributed by atoms with Crippen LogP contribution in [0.3, 0.4) is 0 Å². The number of ketones is 1. The van der Waals surface area contributed by atoms with Crippen molar-refractivity contribution in [1.29, 1.82) is 0 Å². The Morgan fingerprint density at radius 1 is 1.03 bits per heavy atom. The summed E-state index contributed by atoms with van der Waals surface area (Å²) in [5.41, 5.74) is -1.49. The number of carbonyl (C=O) groups excluding carboxylic acids is 1. The van der Waals surface area contributed by atoms with Gasteiger partial charge in [-0.2, -0.15) is 23.1 Å². The lowest BCUT2D eigenvalue weighted by atomic mass is 9.49. The van der Waals surface area contributed by atoms with Crippen molar-refractivity contribution in [2.24, 2.45) is 17.8 Å². The fourth-order valence-corrected chi connectivity index (χ4v) is 8.17. The lowest BCUT2D eigenvalue weighted by molar-refractivity contribution is -0.139. The van der Waals surface area contributed by atoms with Crippen LogP contribution in [0.1, 0.15) is 55.7 Å². The highest BCUT2D eigenvalue weighted by molar-refractivity contribution is 7.92. The van der Waals surface area contributed by atoms with E-state index in [1.807, 2.05) is 0 Å². The number of aromatic nitrogens is 3. The Morgan fingerprint density at radius 2 is 1.63 bits per heavy atom. The second-order valence-corrected chi connectivity index (χ2v) is 12.2. The van der Waals surface area contributed by atoms with E-state index < -0.39 is 44.4 Å². The van der Waals surface area contributed by atoms with Crippen LogP contribution in [0.25, 0.3) is 0 Å². The second kappa shape index (κ2) is 8.53. The minimum absolute atomic E-state index is 0.0545. The molecule has 4 saturated carbocycles. The molecule has 4 fully saturated rings. The Balaban J connectivity index is 1.39. The number of benzene rings is 1. The number of ether oxygens (including phenoxy) is 1. The Bertz CT molecular complexity index is 1230. The fourth-order valence-electron chi connectivity index (χ4n) is 6.68. The molecule has 4 aliphatic rings. The molecule has 1 heterocycles. The van der Waals surface area contributed by atoms with E-state index in [0.717, 1.165) is 31.4 Å². The van der Waals surface area contributed by atoms with Crippen molar-refractivity contribution in [3.63, 3.8) is 0 Å². The lowest BCUT2D eigenvalue weighted by Gasteiger charge is -2.55. The fraction of sp³-hybridized carbons (Fsp3) is 0.583. The van der Waals surface area contributed by atoms with Gasteiger partial charge in [0.05, 0.1) is 24.0 Å². The summed E-state index contributed by atoms with van der Waals surface area (Å²) in [7, 11) is -3.12. The van der Waals surface area contributed by atoms with Crippen LogP contribution < -0.4 is 4.74 Å². The molecular formula is C24H26F3N3O4S. The van der Waals surface area contributed by atoms with Crippen molar-refractivity contribution >= 4 is 15.6 Å². The first-order valence-electron chi connectivity index (χ1n) is 11.7. The van der Waals surface area contributed by atoms with Gasteiger partial charge in [0.2, 0.25) is 0 Å². The van der Waals surface area contributed by atoms with Crippen LogP contribution in [0, 0.1) is 17.8 Å². The zero-order valence-corrected chi connectivity index (χ0v) is 20.0. The van der Waals surface area contributed by atoms with Gasteiger partial charge in [-0.3, -0.25) is 4.79 Å². The molecule has 11 heteroatoms. The van der Waals surface area contributed by atoms with Gasteiger partial charge in [0, 0.05) is 5.41 Å². The van der Waals surface area contributed by atoms with Crippen LogP contribution >= 0.6 is 0 Å². The highest BCUT2D eigenvalue weighted by Crippen LogP contribution is 2.60. The topological polar surface area (TPSA) is 99.1 Å². The monoisotopic (exact) mass is 509 g/mol. The maximum Gasteiger partial charge on any atom is 0.417 e. The van der Waals surface area contributed by atoms with E-state index in [9.17, 15) is 26.4 Å². The number of hydrogen-bond acceptors (Lipinski definition) is 7. The van der Waals surface area contributed by atoms with Crippen LogP contribution in [-0.2, 0) is 32.6 Å². The Hall–Kier alpha value is -2.56. The predicted octanol–water partition coefficient (Wildman–Crippen LogP) is 3.95. The van der Waals surface area contributed by atoms with E-state index in [-0.39, 0.29) is 17.2 Å². The van der Waals surface area contributed by atoms with Crippen molar-refractivity contribution in [2.75, 3.05) is 12.9 Å². The molecule has 4 aliphatic carbocycles. The van der Waals surface area contributed by atoms with Gasteiger partial charge in [0.15, 0.2) is 15.6 Å². The smallest absolute Gasteiger partial charge is 0.417 e.